The van der Waals surface area contributed by atoms with Crippen LogP contribution in [0, 0.1) is 0 Å². The molecule has 0 unspecified atom stereocenters. The lowest BCUT2D eigenvalue weighted by Crippen LogP contribution is -2.13. The van der Waals surface area contributed by atoms with E-state index in [4.69, 9.17) is 4.98 Å². The van der Waals surface area contributed by atoms with Gasteiger partial charge in [-0.2, -0.15) is 0 Å². The lowest BCUT2D eigenvalue weighted by molar-refractivity contribution is 1.11. The van der Waals surface area contributed by atoms with Crippen molar-refractivity contribution in [2.24, 2.45) is 0 Å². The van der Waals surface area contributed by atoms with E-state index in [1.165, 1.54) is 22.3 Å². The normalized spacial score (nSPS) is 11.3. The molecule has 0 aliphatic carbocycles. The standard InChI is InChI=1S/C61H43N5/c1-6-18-44(19-7-1)46-30-35-53(36-31-46)63(50-22-10-3-11-23-50)55-40-49(41-56(43-55)64(51-24-12-4-13-25-51)54-37-32-47(33-38-54)45-20-8-2-9-21-45)48-34-39-59-60(42-48)66-58-29-17-16-28-57(58)62-61(66)65(59)52-26-14-5-15-27-52/h1-43H. The molecule has 0 aliphatic rings. The third-order valence-corrected chi connectivity index (χ3v) is 12.5. The molecule has 12 aromatic rings. The Labute approximate surface area is 384 Å². The molecule has 10 aromatic carbocycles. The largest absolute Gasteiger partial charge is 0.310 e. The first kappa shape index (κ1) is 38.7. The van der Waals surface area contributed by atoms with E-state index in [1.54, 1.807) is 0 Å². The maximum atomic E-state index is 5.20. The fourth-order valence-corrected chi connectivity index (χ4v) is 9.35. The van der Waals surface area contributed by atoms with Gasteiger partial charge in [-0.05, 0) is 137 Å². The maximum absolute atomic E-state index is 5.20. The highest BCUT2D eigenvalue weighted by atomic mass is 15.2. The number of hydrogen-bond donors (Lipinski definition) is 0. The number of anilines is 6. The average Bonchev–Trinajstić information content (AvgIpc) is 3.93. The lowest BCUT2D eigenvalue weighted by atomic mass is 10.0. The van der Waals surface area contributed by atoms with Crippen molar-refractivity contribution in [2.45, 2.75) is 0 Å². The minimum atomic E-state index is 0.882. The number of benzene rings is 10. The van der Waals surface area contributed by atoms with Crippen LogP contribution in [0.25, 0.3) is 66.9 Å². The Morgan fingerprint density at radius 1 is 0.273 bits per heavy atom. The van der Waals surface area contributed by atoms with Crippen molar-refractivity contribution in [3.8, 4) is 39.1 Å². The Hall–Kier alpha value is -8.93. The Balaban J connectivity index is 1.09. The fourth-order valence-electron chi connectivity index (χ4n) is 9.35. The molecule has 0 spiro atoms. The topological polar surface area (TPSA) is 28.7 Å². The van der Waals surface area contributed by atoms with Crippen LogP contribution in [0.3, 0.4) is 0 Å². The number of fused-ring (bicyclic) bond motifs is 5. The predicted molar refractivity (Wildman–Crippen MR) is 275 cm³/mol. The number of rotatable bonds is 10. The molecule has 0 aliphatic heterocycles. The van der Waals surface area contributed by atoms with Gasteiger partial charge in [-0.15, -0.1) is 0 Å². The minimum absolute atomic E-state index is 0.882. The van der Waals surface area contributed by atoms with Crippen molar-refractivity contribution in [3.05, 3.63) is 261 Å². The number of imidazole rings is 2. The van der Waals surface area contributed by atoms with E-state index in [2.05, 4.69) is 280 Å². The molecule has 0 atom stereocenters. The summed E-state index contributed by atoms with van der Waals surface area (Å²) in [6.45, 7) is 0. The van der Waals surface area contributed by atoms with Crippen LogP contribution in [0.1, 0.15) is 0 Å². The van der Waals surface area contributed by atoms with Crippen molar-refractivity contribution < 1.29 is 0 Å². The minimum Gasteiger partial charge on any atom is -0.310 e. The monoisotopic (exact) mass is 845 g/mol. The number of nitrogens with zero attached hydrogens (tertiary/aromatic N) is 5. The molecule has 5 nitrogen and oxygen atoms in total. The van der Waals surface area contributed by atoms with Crippen LogP contribution in [0.2, 0.25) is 0 Å². The molecule has 66 heavy (non-hydrogen) atoms. The summed E-state index contributed by atoms with van der Waals surface area (Å²) in [6, 6.07) is 93.1. The summed E-state index contributed by atoms with van der Waals surface area (Å²) in [4.78, 5) is 9.94. The summed E-state index contributed by atoms with van der Waals surface area (Å²) >= 11 is 0. The SMILES string of the molecule is c1ccc(-c2ccc(N(c3ccccc3)c3cc(-c4ccc5c(c4)n4c6ccccc6nc4n5-c4ccccc4)cc(N(c4ccccc4)c4ccc(-c5ccccc5)cc4)c3)cc2)cc1. The molecular weight excluding hydrogens is 803 g/mol. The van der Waals surface area contributed by atoms with Gasteiger partial charge in [0.25, 0.3) is 0 Å². The van der Waals surface area contributed by atoms with Crippen LogP contribution in [0.4, 0.5) is 34.1 Å². The third-order valence-electron chi connectivity index (χ3n) is 12.5. The molecule has 0 radical (unpaired) electrons. The predicted octanol–water partition coefficient (Wildman–Crippen LogP) is 16.4. The van der Waals surface area contributed by atoms with Gasteiger partial charge in [-0.1, -0.05) is 158 Å². The summed E-state index contributed by atoms with van der Waals surface area (Å²) < 4.78 is 4.58. The molecular formula is C61H43N5. The van der Waals surface area contributed by atoms with Crippen molar-refractivity contribution in [1.82, 2.24) is 14.0 Å². The second kappa shape index (κ2) is 16.6. The smallest absolute Gasteiger partial charge is 0.220 e. The van der Waals surface area contributed by atoms with Gasteiger partial charge in [0.15, 0.2) is 0 Å². The van der Waals surface area contributed by atoms with E-state index < -0.39 is 0 Å². The highest BCUT2D eigenvalue weighted by Crippen LogP contribution is 2.44. The van der Waals surface area contributed by atoms with Crippen LogP contribution < -0.4 is 9.80 Å². The first-order chi connectivity index (χ1) is 32.7. The molecule has 2 heterocycles. The molecule has 0 saturated carbocycles. The molecule has 0 fully saturated rings. The molecule has 0 saturated heterocycles. The number of para-hydroxylation sites is 5. The Morgan fingerprint density at radius 2 is 0.697 bits per heavy atom. The lowest BCUT2D eigenvalue weighted by Gasteiger charge is -2.30. The zero-order chi connectivity index (χ0) is 43.8. The zero-order valence-corrected chi connectivity index (χ0v) is 36.1. The van der Waals surface area contributed by atoms with E-state index in [0.717, 1.165) is 78.8 Å². The summed E-state index contributed by atoms with van der Waals surface area (Å²) in [7, 11) is 0. The van der Waals surface area contributed by atoms with Gasteiger partial charge in [-0.3, -0.25) is 8.97 Å². The van der Waals surface area contributed by atoms with E-state index in [0.29, 0.717) is 0 Å². The quantitative estimate of drug-likeness (QED) is 0.137. The third kappa shape index (κ3) is 7.05. The van der Waals surface area contributed by atoms with Gasteiger partial charge in [0, 0.05) is 39.8 Å². The van der Waals surface area contributed by atoms with Crippen molar-refractivity contribution in [3.63, 3.8) is 0 Å². The van der Waals surface area contributed by atoms with Gasteiger partial charge in [0.05, 0.1) is 22.1 Å². The summed E-state index contributed by atoms with van der Waals surface area (Å²) in [5.41, 5.74) is 18.5. The highest BCUT2D eigenvalue weighted by molar-refractivity contribution is 5.96. The van der Waals surface area contributed by atoms with E-state index >= 15 is 0 Å². The first-order valence-corrected chi connectivity index (χ1v) is 22.4. The average molecular weight is 846 g/mol. The highest BCUT2D eigenvalue weighted by Gasteiger charge is 2.22. The Morgan fingerprint density at radius 3 is 1.23 bits per heavy atom. The molecule has 0 amide bonds. The second-order valence-corrected chi connectivity index (χ2v) is 16.5. The molecule has 0 N–H and O–H groups in total. The Bertz CT molecular complexity index is 3460. The van der Waals surface area contributed by atoms with Crippen molar-refractivity contribution >= 4 is 62.0 Å². The molecule has 312 valence electrons. The number of hydrogen-bond acceptors (Lipinski definition) is 3. The van der Waals surface area contributed by atoms with E-state index in [1.807, 2.05) is 0 Å². The van der Waals surface area contributed by atoms with Gasteiger partial charge >= 0.3 is 0 Å². The first-order valence-electron chi connectivity index (χ1n) is 22.4. The van der Waals surface area contributed by atoms with Crippen LogP contribution in [-0.2, 0) is 0 Å². The molecule has 2 aromatic heterocycles. The molecule has 5 heteroatoms. The summed E-state index contributed by atoms with van der Waals surface area (Å²) in [5.74, 6) is 0.882. The zero-order valence-electron chi connectivity index (χ0n) is 36.1. The molecule has 0 bridgehead atoms. The van der Waals surface area contributed by atoms with Crippen molar-refractivity contribution in [2.75, 3.05) is 9.80 Å². The second-order valence-electron chi connectivity index (χ2n) is 16.5. The summed E-state index contributed by atoms with van der Waals surface area (Å²) in [6.07, 6.45) is 0. The van der Waals surface area contributed by atoms with Gasteiger partial charge in [0.1, 0.15) is 0 Å². The van der Waals surface area contributed by atoms with Crippen LogP contribution >= 0.6 is 0 Å². The van der Waals surface area contributed by atoms with Gasteiger partial charge in [-0.25, -0.2) is 4.98 Å². The van der Waals surface area contributed by atoms with Crippen LogP contribution in [-0.4, -0.2) is 14.0 Å². The maximum Gasteiger partial charge on any atom is 0.220 e. The fraction of sp³-hybridized carbons (Fsp3) is 0. The van der Waals surface area contributed by atoms with Crippen molar-refractivity contribution in [1.29, 1.82) is 0 Å². The van der Waals surface area contributed by atoms with Crippen LogP contribution in [0.15, 0.2) is 261 Å². The van der Waals surface area contributed by atoms with Crippen LogP contribution in [0.5, 0.6) is 0 Å². The Kier molecular flexibility index (Phi) is 9.77. The molecule has 12 rings (SSSR count). The number of aromatic nitrogens is 3. The van der Waals surface area contributed by atoms with Gasteiger partial charge in [0.2, 0.25) is 5.78 Å². The van der Waals surface area contributed by atoms with E-state index in [9.17, 15) is 0 Å². The van der Waals surface area contributed by atoms with Gasteiger partial charge < -0.3 is 9.80 Å². The van der Waals surface area contributed by atoms with E-state index in [-0.39, 0.29) is 0 Å². The summed E-state index contributed by atoms with van der Waals surface area (Å²) in [5, 5.41) is 0.